The van der Waals surface area contributed by atoms with E-state index in [1.165, 1.54) is 6.92 Å². The third kappa shape index (κ3) is 5.64. The van der Waals surface area contributed by atoms with Crippen molar-refractivity contribution in [2.45, 2.75) is 33.2 Å². The molecule has 0 aliphatic rings. The van der Waals surface area contributed by atoms with Crippen molar-refractivity contribution >= 4 is 17.5 Å². The molecule has 0 unspecified atom stereocenters. The number of nitrogens with one attached hydrogen (secondary N) is 1. The molecule has 0 radical (unpaired) electrons. The lowest BCUT2D eigenvalue weighted by Crippen LogP contribution is -2.29. The second-order valence-corrected chi connectivity index (χ2v) is 5.04. The summed E-state index contributed by atoms with van der Waals surface area (Å²) in [5.74, 6) is -0.126. The third-order valence-electron chi connectivity index (χ3n) is 3.20. The number of oxime groups is 1. The topological polar surface area (TPSA) is 105 Å². The van der Waals surface area contributed by atoms with Crippen LogP contribution in [-0.2, 0) is 16.1 Å². The van der Waals surface area contributed by atoms with E-state index in [1.807, 2.05) is 0 Å². The molecule has 0 saturated heterocycles. The average Bonchev–Trinajstić information content (AvgIpc) is 2.49. The molecule has 0 aliphatic heterocycles. The van der Waals surface area contributed by atoms with Crippen molar-refractivity contribution in [1.29, 1.82) is 0 Å². The molecule has 4 N–H and O–H groups in total. The number of ketones is 1. The molecule has 0 aliphatic carbocycles. The number of nitrogens with zero attached hydrogens (tertiary/aromatic N) is 1. The van der Waals surface area contributed by atoms with Crippen LogP contribution in [-0.4, -0.2) is 22.7 Å². The Bertz CT molecular complexity index is 523. The zero-order valence-corrected chi connectivity index (χ0v) is 12.3. The number of amides is 1. The summed E-state index contributed by atoms with van der Waals surface area (Å²) in [5.41, 5.74) is 6.99. The Morgan fingerprint density at radius 3 is 2.48 bits per heavy atom. The van der Waals surface area contributed by atoms with Crippen LogP contribution in [0.2, 0.25) is 0 Å². The summed E-state index contributed by atoms with van der Waals surface area (Å²) in [7, 11) is 0. The van der Waals surface area contributed by atoms with Crippen LogP contribution in [0.5, 0.6) is 0 Å². The molecule has 1 atom stereocenters. The average molecular weight is 291 g/mol. The molecule has 0 fully saturated rings. The molecule has 0 heterocycles. The van der Waals surface area contributed by atoms with E-state index >= 15 is 0 Å². The molecular formula is C15H21N3O3. The van der Waals surface area contributed by atoms with Crippen LogP contribution in [0.1, 0.15) is 37.8 Å². The number of Topliss-reactive ketones (excluding diaryl/α,β-unsaturated/α-hetero) is 1. The summed E-state index contributed by atoms with van der Waals surface area (Å²) in [5, 5.41) is 14.3. The van der Waals surface area contributed by atoms with Crippen LogP contribution in [0.3, 0.4) is 0 Å². The van der Waals surface area contributed by atoms with Crippen molar-refractivity contribution in [2.75, 3.05) is 0 Å². The minimum Gasteiger partial charge on any atom is -0.409 e. The molecule has 1 amide bonds. The number of benzene rings is 1. The fourth-order valence-electron chi connectivity index (χ4n) is 1.77. The van der Waals surface area contributed by atoms with E-state index in [0.717, 1.165) is 5.56 Å². The van der Waals surface area contributed by atoms with Gasteiger partial charge in [-0.25, -0.2) is 0 Å². The quantitative estimate of drug-likeness (QED) is 0.305. The Morgan fingerprint density at radius 2 is 1.95 bits per heavy atom. The normalized spacial score (nSPS) is 12.8. The van der Waals surface area contributed by atoms with Crippen LogP contribution in [0.25, 0.3) is 0 Å². The number of carbonyl (C=O) groups is 2. The van der Waals surface area contributed by atoms with Gasteiger partial charge < -0.3 is 21.1 Å². The first kappa shape index (κ1) is 16.7. The monoisotopic (exact) mass is 291 g/mol. The van der Waals surface area contributed by atoms with Gasteiger partial charge in [0.25, 0.3) is 0 Å². The SMILES string of the molecule is CC(=O)CC[C@H](C)C(=O)NCc1ccc(/C(N)=N/O)cc1. The summed E-state index contributed by atoms with van der Waals surface area (Å²) in [6.45, 7) is 3.73. The van der Waals surface area contributed by atoms with Gasteiger partial charge in [0.1, 0.15) is 5.78 Å². The van der Waals surface area contributed by atoms with Crippen molar-refractivity contribution < 1.29 is 14.8 Å². The van der Waals surface area contributed by atoms with E-state index in [0.29, 0.717) is 24.9 Å². The molecule has 6 nitrogen and oxygen atoms in total. The Morgan fingerprint density at radius 1 is 1.33 bits per heavy atom. The highest BCUT2D eigenvalue weighted by Gasteiger charge is 2.13. The van der Waals surface area contributed by atoms with Crippen molar-refractivity contribution in [3.8, 4) is 0 Å². The van der Waals surface area contributed by atoms with E-state index in [1.54, 1.807) is 31.2 Å². The van der Waals surface area contributed by atoms with Crippen LogP contribution >= 0.6 is 0 Å². The van der Waals surface area contributed by atoms with E-state index < -0.39 is 0 Å². The molecule has 1 rings (SSSR count). The molecule has 1 aromatic carbocycles. The second-order valence-electron chi connectivity index (χ2n) is 5.04. The summed E-state index contributed by atoms with van der Waals surface area (Å²) >= 11 is 0. The third-order valence-corrected chi connectivity index (χ3v) is 3.20. The number of amidine groups is 1. The minimum atomic E-state index is -0.190. The van der Waals surface area contributed by atoms with E-state index in [9.17, 15) is 9.59 Å². The molecular weight excluding hydrogens is 270 g/mol. The van der Waals surface area contributed by atoms with Crippen LogP contribution < -0.4 is 11.1 Å². The Labute approximate surface area is 124 Å². The van der Waals surface area contributed by atoms with Gasteiger partial charge in [-0.05, 0) is 18.9 Å². The number of hydrogen-bond acceptors (Lipinski definition) is 4. The lowest BCUT2D eigenvalue weighted by atomic mass is 10.0. The van der Waals surface area contributed by atoms with E-state index in [4.69, 9.17) is 10.9 Å². The predicted molar refractivity (Wildman–Crippen MR) is 79.9 cm³/mol. The molecule has 1 aromatic rings. The maximum atomic E-state index is 11.9. The van der Waals surface area contributed by atoms with E-state index in [-0.39, 0.29) is 23.4 Å². The largest absolute Gasteiger partial charge is 0.409 e. The maximum Gasteiger partial charge on any atom is 0.223 e. The fraction of sp³-hybridized carbons (Fsp3) is 0.400. The van der Waals surface area contributed by atoms with Gasteiger partial charge in [-0.3, -0.25) is 4.79 Å². The Balaban J connectivity index is 2.47. The smallest absolute Gasteiger partial charge is 0.223 e. The molecule has 114 valence electrons. The zero-order chi connectivity index (χ0) is 15.8. The second kappa shape index (κ2) is 8.04. The van der Waals surface area contributed by atoms with Gasteiger partial charge in [-0.2, -0.15) is 0 Å². The number of hydrogen-bond donors (Lipinski definition) is 3. The lowest BCUT2D eigenvalue weighted by molar-refractivity contribution is -0.125. The molecule has 0 spiro atoms. The highest BCUT2D eigenvalue weighted by Crippen LogP contribution is 2.08. The van der Waals surface area contributed by atoms with Gasteiger partial charge >= 0.3 is 0 Å². The highest BCUT2D eigenvalue weighted by molar-refractivity contribution is 5.96. The first-order valence-electron chi connectivity index (χ1n) is 6.78. The molecule has 6 heteroatoms. The van der Waals surface area contributed by atoms with Gasteiger partial charge in [-0.15, -0.1) is 0 Å². The van der Waals surface area contributed by atoms with Gasteiger partial charge in [0.15, 0.2) is 5.84 Å². The van der Waals surface area contributed by atoms with Gasteiger partial charge in [0, 0.05) is 24.4 Å². The zero-order valence-electron chi connectivity index (χ0n) is 12.3. The fourth-order valence-corrected chi connectivity index (χ4v) is 1.77. The minimum absolute atomic E-state index is 0.0449. The van der Waals surface area contributed by atoms with E-state index in [2.05, 4.69) is 10.5 Å². The number of carbonyl (C=O) groups excluding carboxylic acids is 2. The van der Waals surface area contributed by atoms with Crippen molar-refractivity contribution in [3.63, 3.8) is 0 Å². The summed E-state index contributed by atoms with van der Waals surface area (Å²) in [6, 6.07) is 7.03. The summed E-state index contributed by atoms with van der Waals surface area (Å²) in [6.07, 6.45) is 0.979. The Kier molecular flexibility index (Phi) is 6.39. The highest BCUT2D eigenvalue weighted by atomic mass is 16.4. The van der Waals surface area contributed by atoms with Gasteiger partial charge in [0.2, 0.25) is 5.91 Å². The molecule has 0 aromatic heterocycles. The van der Waals surface area contributed by atoms with Crippen LogP contribution in [0, 0.1) is 5.92 Å². The van der Waals surface area contributed by atoms with Gasteiger partial charge in [-0.1, -0.05) is 36.3 Å². The lowest BCUT2D eigenvalue weighted by Gasteiger charge is -2.11. The Hall–Kier alpha value is -2.37. The van der Waals surface area contributed by atoms with Crippen molar-refractivity contribution in [1.82, 2.24) is 5.32 Å². The first-order chi connectivity index (χ1) is 9.93. The number of nitrogens with two attached hydrogens (primary N) is 1. The molecule has 21 heavy (non-hydrogen) atoms. The maximum absolute atomic E-state index is 11.9. The summed E-state index contributed by atoms with van der Waals surface area (Å²) < 4.78 is 0. The number of rotatable bonds is 7. The first-order valence-corrected chi connectivity index (χ1v) is 6.78. The van der Waals surface area contributed by atoms with Crippen molar-refractivity contribution in [2.24, 2.45) is 16.8 Å². The molecule has 0 saturated carbocycles. The van der Waals surface area contributed by atoms with Gasteiger partial charge in [0.05, 0.1) is 0 Å². The molecule has 0 bridgehead atoms. The predicted octanol–water partition coefficient (Wildman–Crippen LogP) is 1.40. The summed E-state index contributed by atoms with van der Waals surface area (Å²) in [4.78, 5) is 22.7. The van der Waals surface area contributed by atoms with Crippen LogP contribution in [0.4, 0.5) is 0 Å². The van der Waals surface area contributed by atoms with Crippen LogP contribution in [0.15, 0.2) is 29.4 Å². The standard InChI is InChI=1S/C15H21N3O3/c1-10(3-4-11(2)19)15(20)17-9-12-5-7-13(8-6-12)14(16)18-21/h5-8,10,21H,3-4,9H2,1-2H3,(H2,16,18)(H,17,20)/t10-/m0/s1. The van der Waals surface area contributed by atoms with Crippen molar-refractivity contribution in [3.05, 3.63) is 35.4 Å².